The van der Waals surface area contributed by atoms with Gasteiger partial charge in [0.25, 0.3) is 0 Å². The van der Waals surface area contributed by atoms with E-state index in [1.165, 1.54) is 0 Å². The molecule has 2 N–H and O–H groups in total. The average molecular weight is 303 g/mol. The first kappa shape index (κ1) is 15.5. The molecule has 3 nitrogen and oxygen atoms in total. The van der Waals surface area contributed by atoms with Crippen LogP contribution in [0.15, 0.2) is 42.5 Å². The molecule has 2 rings (SSSR count). The monoisotopic (exact) mass is 302 g/mol. The molecule has 2 aromatic rings. The first-order valence-corrected chi connectivity index (χ1v) is 7.25. The Morgan fingerprint density at radius 2 is 1.90 bits per heavy atom. The highest BCUT2D eigenvalue weighted by Gasteiger charge is 2.05. The lowest BCUT2D eigenvalue weighted by Gasteiger charge is -2.10. The summed E-state index contributed by atoms with van der Waals surface area (Å²) in [6.07, 6.45) is 0. The quantitative estimate of drug-likeness (QED) is 0.884. The summed E-state index contributed by atoms with van der Waals surface area (Å²) in [7, 11) is 0. The topological polar surface area (TPSA) is 41.1 Å². The lowest BCUT2D eigenvalue weighted by molar-refractivity contribution is -0.115. The number of amides is 1. The minimum absolute atomic E-state index is 0.0595. The van der Waals surface area contributed by atoms with Gasteiger partial charge < -0.3 is 10.6 Å². The highest BCUT2D eigenvalue weighted by Crippen LogP contribution is 2.16. The van der Waals surface area contributed by atoms with E-state index in [0.717, 1.165) is 22.4 Å². The molecule has 0 aliphatic heterocycles. The normalized spacial score (nSPS) is 10.4. The second-order valence-electron chi connectivity index (χ2n) is 5.06. The Bertz CT molecular complexity index is 640. The lowest BCUT2D eigenvalue weighted by atomic mass is 10.1. The third-order valence-corrected chi connectivity index (χ3v) is 3.59. The zero-order chi connectivity index (χ0) is 15.2. The summed E-state index contributed by atoms with van der Waals surface area (Å²) in [4.78, 5) is 11.9. The maximum atomic E-state index is 11.9. The smallest absolute Gasteiger partial charge is 0.238 e. The number of benzene rings is 2. The third kappa shape index (κ3) is 4.59. The van der Waals surface area contributed by atoms with E-state index in [0.29, 0.717) is 11.6 Å². The van der Waals surface area contributed by atoms with Crippen molar-refractivity contribution in [2.45, 2.75) is 20.4 Å². The molecule has 0 radical (unpaired) electrons. The van der Waals surface area contributed by atoms with E-state index in [1.54, 1.807) is 0 Å². The predicted molar refractivity (Wildman–Crippen MR) is 87.7 cm³/mol. The fourth-order valence-electron chi connectivity index (χ4n) is 2.02. The Morgan fingerprint density at radius 3 is 2.67 bits per heavy atom. The molecule has 0 saturated heterocycles. The molecule has 4 heteroatoms. The SMILES string of the molecule is Cc1ccc(C)c(NC(=O)CNCc2ccccc2Cl)c1. The Kier molecular flexibility index (Phi) is 5.37. The number of carbonyl (C=O) groups is 1. The van der Waals surface area contributed by atoms with E-state index >= 15 is 0 Å². The van der Waals surface area contributed by atoms with Gasteiger partial charge in [-0.2, -0.15) is 0 Å². The summed E-state index contributed by atoms with van der Waals surface area (Å²) in [5.74, 6) is -0.0595. The minimum Gasteiger partial charge on any atom is -0.325 e. The molecule has 0 saturated carbocycles. The van der Waals surface area contributed by atoms with Crippen molar-refractivity contribution < 1.29 is 4.79 Å². The maximum Gasteiger partial charge on any atom is 0.238 e. The first-order chi connectivity index (χ1) is 10.1. The zero-order valence-electron chi connectivity index (χ0n) is 12.2. The molecule has 0 aliphatic rings. The summed E-state index contributed by atoms with van der Waals surface area (Å²) >= 11 is 6.07. The summed E-state index contributed by atoms with van der Waals surface area (Å²) in [6, 6.07) is 13.6. The largest absolute Gasteiger partial charge is 0.325 e. The maximum absolute atomic E-state index is 11.9. The van der Waals surface area contributed by atoms with Crippen molar-refractivity contribution in [1.82, 2.24) is 5.32 Å². The molecular weight excluding hydrogens is 284 g/mol. The fourth-order valence-corrected chi connectivity index (χ4v) is 2.22. The molecule has 110 valence electrons. The molecule has 0 aromatic heterocycles. The molecule has 0 fully saturated rings. The second kappa shape index (κ2) is 7.25. The number of nitrogens with one attached hydrogen (secondary N) is 2. The number of hydrogen-bond acceptors (Lipinski definition) is 2. The van der Waals surface area contributed by atoms with Crippen LogP contribution in [0.2, 0.25) is 5.02 Å². The van der Waals surface area contributed by atoms with Crippen LogP contribution < -0.4 is 10.6 Å². The molecule has 0 unspecified atom stereocenters. The van der Waals surface area contributed by atoms with Gasteiger partial charge in [-0.25, -0.2) is 0 Å². The zero-order valence-corrected chi connectivity index (χ0v) is 13.0. The van der Waals surface area contributed by atoms with Crippen LogP contribution in [-0.4, -0.2) is 12.5 Å². The van der Waals surface area contributed by atoms with E-state index in [4.69, 9.17) is 11.6 Å². The van der Waals surface area contributed by atoms with Gasteiger partial charge in [-0.1, -0.05) is 41.9 Å². The fraction of sp³-hybridized carbons (Fsp3) is 0.235. The first-order valence-electron chi connectivity index (χ1n) is 6.87. The van der Waals surface area contributed by atoms with Gasteiger partial charge >= 0.3 is 0 Å². The molecule has 0 spiro atoms. The van der Waals surface area contributed by atoms with Crippen LogP contribution in [0.5, 0.6) is 0 Å². The Labute approximate surface area is 130 Å². The molecule has 0 heterocycles. The van der Waals surface area contributed by atoms with E-state index in [2.05, 4.69) is 10.6 Å². The Balaban J connectivity index is 1.85. The minimum atomic E-state index is -0.0595. The molecule has 21 heavy (non-hydrogen) atoms. The molecule has 2 aromatic carbocycles. The standard InChI is InChI=1S/C17H19ClN2O/c1-12-7-8-13(2)16(9-12)20-17(21)11-19-10-14-5-3-4-6-15(14)18/h3-9,19H,10-11H2,1-2H3,(H,20,21). The van der Waals surface area contributed by atoms with Gasteiger partial charge in [0.05, 0.1) is 6.54 Å². The average Bonchev–Trinajstić information content (AvgIpc) is 2.45. The van der Waals surface area contributed by atoms with E-state index in [-0.39, 0.29) is 12.5 Å². The highest BCUT2D eigenvalue weighted by molar-refractivity contribution is 6.31. The molecule has 0 atom stereocenters. The van der Waals surface area contributed by atoms with Crippen molar-refractivity contribution in [1.29, 1.82) is 0 Å². The van der Waals surface area contributed by atoms with Gasteiger partial charge in [0.1, 0.15) is 0 Å². The van der Waals surface area contributed by atoms with Crippen LogP contribution in [0.1, 0.15) is 16.7 Å². The van der Waals surface area contributed by atoms with Crippen molar-refractivity contribution in [2.24, 2.45) is 0 Å². The Hall–Kier alpha value is -1.84. The number of carbonyl (C=O) groups excluding carboxylic acids is 1. The van der Waals surface area contributed by atoms with Gasteiger partial charge in [-0.05, 0) is 42.7 Å². The van der Waals surface area contributed by atoms with E-state index in [9.17, 15) is 4.79 Å². The summed E-state index contributed by atoms with van der Waals surface area (Å²) in [5, 5.41) is 6.73. The van der Waals surface area contributed by atoms with Crippen LogP contribution in [0.4, 0.5) is 5.69 Å². The van der Waals surface area contributed by atoms with Crippen molar-refractivity contribution >= 4 is 23.2 Å². The summed E-state index contributed by atoms with van der Waals surface area (Å²) < 4.78 is 0. The number of aryl methyl sites for hydroxylation is 2. The second-order valence-corrected chi connectivity index (χ2v) is 5.47. The van der Waals surface area contributed by atoms with Crippen molar-refractivity contribution in [3.63, 3.8) is 0 Å². The lowest BCUT2D eigenvalue weighted by Crippen LogP contribution is -2.28. The summed E-state index contributed by atoms with van der Waals surface area (Å²) in [5.41, 5.74) is 4.03. The third-order valence-electron chi connectivity index (χ3n) is 3.23. The molecule has 0 aliphatic carbocycles. The molecule has 1 amide bonds. The van der Waals surface area contributed by atoms with Gasteiger partial charge in [-0.15, -0.1) is 0 Å². The number of rotatable bonds is 5. The van der Waals surface area contributed by atoms with Crippen LogP contribution in [0.25, 0.3) is 0 Å². The number of anilines is 1. The highest BCUT2D eigenvalue weighted by atomic mass is 35.5. The van der Waals surface area contributed by atoms with Crippen LogP contribution >= 0.6 is 11.6 Å². The van der Waals surface area contributed by atoms with E-state index < -0.39 is 0 Å². The molecule has 0 bridgehead atoms. The number of halogens is 1. The van der Waals surface area contributed by atoms with E-state index in [1.807, 2.05) is 56.3 Å². The Morgan fingerprint density at radius 1 is 1.14 bits per heavy atom. The molecular formula is C17H19ClN2O. The summed E-state index contributed by atoms with van der Waals surface area (Å²) in [6.45, 7) is 4.80. The predicted octanol–water partition coefficient (Wildman–Crippen LogP) is 3.69. The van der Waals surface area contributed by atoms with Crippen LogP contribution in [0, 0.1) is 13.8 Å². The van der Waals surface area contributed by atoms with Gasteiger partial charge in [0.2, 0.25) is 5.91 Å². The van der Waals surface area contributed by atoms with Crippen molar-refractivity contribution in [2.75, 3.05) is 11.9 Å². The van der Waals surface area contributed by atoms with Gasteiger partial charge in [0.15, 0.2) is 0 Å². The van der Waals surface area contributed by atoms with Gasteiger partial charge in [0, 0.05) is 17.3 Å². The van der Waals surface area contributed by atoms with Crippen LogP contribution in [-0.2, 0) is 11.3 Å². The number of hydrogen-bond donors (Lipinski definition) is 2. The van der Waals surface area contributed by atoms with Gasteiger partial charge in [-0.3, -0.25) is 4.79 Å². The van der Waals surface area contributed by atoms with Crippen LogP contribution in [0.3, 0.4) is 0 Å². The van der Waals surface area contributed by atoms with Crippen molar-refractivity contribution in [3.05, 3.63) is 64.2 Å². The van der Waals surface area contributed by atoms with Crippen molar-refractivity contribution in [3.8, 4) is 0 Å².